The summed E-state index contributed by atoms with van der Waals surface area (Å²) in [5, 5.41) is 9.74. The van der Waals surface area contributed by atoms with Crippen molar-refractivity contribution >= 4 is 11.6 Å². The van der Waals surface area contributed by atoms with E-state index in [4.69, 9.17) is 0 Å². The molecule has 0 fully saturated rings. The number of allylic oxidation sites excluding steroid dienone is 1. The quantitative estimate of drug-likeness (QED) is 0.639. The molecule has 3 heteroatoms. The first kappa shape index (κ1) is 13.0. The number of hydrogen-bond acceptors (Lipinski definition) is 2. The molecule has 1 rings (SSSR count). The maximum atomic E-state index is 11.7. The summed E-state index contributed by atoms with van der Waals surface area (Å²) in [7, 11) is 0. The van der Waals surface area contributed by atoms with Crippen LogP contribution in [0.5, 0.6) is 5.75 Å². The largest absolute Gasteiger partial charge is 0.506 e. The van der Waals surface area contributed by atoms with Gasteiger partial charge >= 0.3 is 0 Å². The first-order valence-corrected chi connectivity index (χ1v) is 5.41. The summed E-state index contributed by atoms with van der Waals surface area (Å²) in [5.41, 5.74) is 1.61. The molecule has 0 aliphatic rings. The number of nitrogens with zero attached hydrogens (tertiary/aromatic N) is 1. The Morgan fingerprint density at radius 2 is 2.06 bits per heavy atom. The topological polar surface area (TPSA) is 40.5 Å². The SMILES string of the molecule is C=CC(=O)N(CC=C(C)C)c1ccccc1O. The van der Waals surface area contributed by atoms with Crippen LogP contribution in [0.15, 0.2) is 48.6 Å². The van der Waals surface area contributed by atoms with E-state index in [-0.39, 0.29) is 11.7 Å². The van der Waals surface area contributed by atoms with E-state index in [1.54, 1.807) is 24.3 Å². The molecule has 3 nitrogen and oxygen atoms in total. The lowest BCUT2D eigenvalue weighted by Crippen LogP contribution is -2.29. The Morgan fingerprint density at radius 3 is 2.59 bits per heavy atom. The highest BCUT2D eigenvalue weighted by molar-refractivity contribution is 6.02. The number of phenols is 1. The summed E-state index contributed by atoms with van der Waals surface area (Å²) >= 11 is 0. The highest BCUT2D eigenvalue weighted by Crippen LogP contribution is 2.26. The minimum Gasteiger partial charge on any atom is -0.506 e. The Balaban J connectivity index is 3.06. The number of carbonyl (C=O) groups is 1. The Kier molecular flexibility index (Phi) is 4.52. The van der Waals surface area contributed by atoms with Gasteiger partial charge in [-0.25, -0.2) is 0 Å². The molecule has 0 unspecified atom stereocenters. The molecule has 0 aliphatic heterocycles. The van der Waals surface area contributed by atoms with Crippen molar-refractivity contribution in [3.63, 3.8) is 0 Å². The maximum Gasteiger partial charge on any atom is 0.250 e. The highest BCUT2D eigenvalue weighted by atomic mass is 16.3. The average Bonchev–Trinajstić information content (AvgIpc) is 2.30. The third-order valence-corrected chi connectivity index (χ3v) is 2.30. The second kappa shape index (κ2) is 5.89. The molecular formula is C14H17NO2. The zero-order valence-electron chi connectivity index (χ0n) is 10.2. The van der Waals surface area contributed by atoms with Crippen LogP contribution in [0.4, 0.5) is 5.69 Å². The van der Waals surface area contributed by atoms with Gasteiger partial charge in [-0.1, -0.05) is 30.4 Å². The summed E-state index contributed by atoms with van der Waals surface area (Å²) in [6.07, 6.45) is 3.17. The van der Waals surface area contributed by atoms with Crippen molar-refractivity contribution < 1.29 is 9.90 Å². The van der Waals surface area contributed by atoms with Gasteiger partial charge in [0.15, 0.2) is 0 Å². The van der Waals surface area contributed by atoms with E-state index < -0.39 is 0 Å². The lowest BCUT2D eigenvalue weighted by atomic mass is 10.2. The van der Waals surface area contributed by atoms with Gasteiger partial charge in [-0.15, -0.1) is 0 Å². The normalized spacial score (nSPS) is 9.53. The van der Waals surface area contributed by atoms with E-state index in [1.165, 1.54) is 11.0 Å². The molecule has 0 saturated carbocycles. The van der Waals surface area contributed by atoms with E-state index in [2.05, 4.69) is 6.58 Å². The lowest BCUT2D eigenvalue weighted by molar-refractivity contribution is -0.114. The van der Waals surface area contributed by atoms with Crippen LogP contribution in [-0.2, 0) is 4.79 Å². The lowest BCUT2D eigenvalue weighted by Gasteiger charge is -2.20. The van der Waals surface area contributed by atoms with Gasteiger partial charge in [0.25, 0.3) is 5.91 Å². The molecule has 17 heavy (non-hydrogen) atoms. The number of hydrogen-bond donors (Lipinski definition) is 1. The van der Waals surface area contributed by atoms with Crippen molar-refractivity contribution in [1.29, 1.82) is 0 Å². The van der Waals surface area contributed by atoms with Crippen LogP contribution >= 0.6 is 0 Å². The van der Waals surface area contributed by atoms with Gasteiger partial charge < -0.3 is 10.0 Å². The smallest absolute Gasteiger partial charge is 0.250 e. The molecule has 0 bridgehead atoms. The molecule has 90 valence electrons. The number of aromatic hydroxyl groups is 1. The van der Waals surface area contributed by atoms with Crippen molar-refractivity contribution in [1.82, 2.24) is 0 Å². The number of para-hydroxylation sites is 2. The zero-order chi connectivity index (χ0) is 12.8. The average molecular weight is 231 g/mol. The predicted molar refractivity (Wildman–Crippen MR) is 70.1 cm³/mol. The van der Waals surface area contributed by atoms with Gasteiger partial charge in [-0.3, -0.25) is 4.79 Å². The second-order valence-electron chi connectivity index (χ2n) is 3.92. The van der Waals surface area contributed by atoms with Crippen molar-refractivity contribution in [3.8, 4) is 5.75 Å². The molecule has 0 spiro atoms. The third-order valence-electron chi connectivity index (χ3n) is 2.30. The first-order chi connectivity index (χ1) is 8.06. The van der Waals surface area contributed by atoms with Crippen molar-refractivity contribution in [3.05, 3.63) is 48.6 Å². The van der Waals surface area contributed by atoms with Crippen LogP contribution in [0, 0.1) is 0 Å². The second-order valence-corrected chi connectivity index (χ2v) is 3.92. The molecular weight excluding hydrogens is 214 g/mol. The number of anilines is 1. The predicted octanol–water partition coefficient (Wildman–Crippen LogP) is 2.88. The van der Waals surface area contributed by atoms with Gasteiger partial charge in [0.1, 0.15) is 5.75 Å². The van der Waals surface area contributed by atoms with E-state index in [1.807, 2.05) is 19.9 Å². The van der Waals surface area contributed by atoms with Crippen LogP contribution in [0.25, 0.3) is 0 Å². The summed E-state index contributed by atoms with van der Waals surface area (Å²) < 4.78 is 0. The summed E-state index contributed by atoms with van der Waals surface area (Å²) in [4.78, 5) is 13.2. The minimum absolute atomic E-state index is 0.0878. The minimum atomic E-state index is -0.232. The van der Waals surface area contributed by atoms with Crippen molar-refractivity contribution in [2.45, 2.75) is 13.8 Å². The fourth-order valence-electron chi connectivity index (χ4n) is 1.38. The van der Waals surface area contributed by atoms with Gasteiger partial charge in [0, 0.05) is 6.54 Å². The number of amides is 1. The van der Waals surface area contributed by atoms with Gasteiger partial charge in [-0.2, -0.15) is 0 Å². The fourth-order valence-corrected chi connectivity index (χ4v) is 1.38. The van der Waals surface area contributed by atoms with E-state index in [0.717, 1.165) is 5.57 Å². The monoisotopic (exact) mass is 231 g/mol. The standard InChI is InChI=1S/C14H17NO2/c1-4-14(17)15(10-9-11(2)3)12-7-5-6-8-13(12)16/h4-9,16H,1,10H2,2-3H3. The van der Waals surface area contributed by atoms with Gasteiger partial charge in [0.05, 0.1) is 5.69 Å². The van der Waals surface area contributed by atoms with Crippen LogP contribution in [0.1, 0.15) is 13.8 Å². The molecule has 0 saturated heterocycles. The Bertz CT molecular complexity index is 445. The summed E-state index contributed by atoms with van der Waals surface area (Å²) in [6.45, 7) is 7.81. The van der Waals surface area contributed by atoms with Crippen LogP contribution in [0.3, 0.4) is 0 Å². The zero-order valence-corrected chi connectivity index (χ0v) is 10.2. The summed E-state index contributed by atoms with van der Waals surface area (Å²) in [6, 6.07) is 6.76. The highest BCUT2D eigenvalue weighted by Gasteiger charge is 2.14. The van der Waals surface area contributed by atoms with E-state index in [9.17, 15) is 9.90 Å². The third kappa shape index (κ3) is 3.48. The molecule has 0 aliphatic carbocycles. The molecule has 1 aromatic rings. The summed E-state index contributed by atoms with van der Waals surface area (Å²) in [5.74, 6) is -0.145. The number of rotatable bonds is 4. The Labute approximate surface area is 102 Å². The maximum absolute atomic E-state index is 11.7. The Hall–Kier alpha value is -2.03. The number of phenolic OH excluding ortho intramolecular Hbond substituents is 1. The molecule has 1 aromatic carbocycles. The number of carbonyl (C=O) groups excluding carboxylic acids is 1. The molecule has 0 aromatic heterocycles. The molecule has 0 radical (unpaired) electrons. The van der Waals surface area contributed by atoms with Crippen LogP contribution in [0.2, 0.25) is 0 Å². The van der Waals surface area contributed by atoms with Crippen molar-refractivity contribution in [2.24, 2.45) is 0 Å². The molecule has 0 heterocycles. The Morgan fingerprint density at radius 1 is 1.41 bits per heavy atom. The fraction of sp³-hybridized carbons (Fsp3) is 0.214. The van der Waals surface area contributed by atoms with E-state index in [0.29, 0.717) is 12.2 Å². The molecule has 1 N–H and O–H groups in total. The van der Waals surface area contributed by atoms with Crippen molar-refractivity contribution in [2.75, 3.05) is 11.4 Å². The van der Waals surface area contributed by atoms with Crippen LogP contribution in [-0.4, -0.2) is 17.6 Å². The number of benzene rings is 1. The van der Waals surface area contributed by atoms with Crippen LogP contribution < -0.4 is 4.90 Å². The van der Waals surface area contributed by atoms with Gasteiger partial charge in [-0.05, 0) is 32.1 Å². The first-order valence-electron chi connectivity index (χ1n) is 5.41. The van der Waals surface area contributed by atoms with Gasteiger partial charge in [0.2, 0.25) is 0 Å². The molecule has 1 amide bonds. The molecule has 0 atom stereocenters. The van der Waals surface area contributed by atoms with E-state index >= 15 is 0 Å².